The molecular weight excluding hydrogens is 369 g/mol. The molecule has 1 unspecified atom stereocenters. The van der Waals surface area contributed by atoms with Crippen molar-refractivity contribution in [2.24, 2.45) is 7.05 Å². The lowest BCUT2D eigenvalue weighted by Crippen LogP contribution is -2.46. The van der Waals surface area contributed by atoms with Gasteiger partial charge in [-0.2, -0.15) is 5.10 Å². The molecule has 1 aliphatic rings. The highest BCUT2D eigenvalue weighted by molar-refractivity contribution is 5.88. The minimum Gasteiger partial charge on any atom is -0.365 e. The molecule has 0 aromatic carbocycles. The van der Waals surface area contributed by atoms with E-state index < -0.39 is 5.67 Å². The molecule has 9 heteroatoms. The number of halogens is 2. The summed E-state index contributed by atoms with van der Waals surface area (Å²) in [5.41, 5.74) is 2.76. The third-order valence-electron chi connectivity index (χ3n) is 4.96. The van der Waals surface area contributed by atoms with Crippen molar-refractivity contribution >= 4 is 29.3 Å². The zero-order valence-electron chi connectivity index (χ0n) is 15.4. The van der Waals surface area contributed by atoms with Crippen molar-refractivity contribution in [1.29, 1.82) is 0 Å². The van der Waals surface area contributed by atoms with Gasteiger partial charge in [-0.3, -0.25) is 9.67 Å². The molecule has 0 bridgehead atoms. The van der Waals surface area contributed by atoms with E-state index in [9.17, 15) is 4.39 Å². The molecular formula is C18H23ClFN7. The predicted octanol–water partition coefficient (Wildman–Crippen LogP) is 2.66. The Labute approximate surface area is 163 Å². The van der Waals surface area contributed by atoms with Gasteiger partial charge in [0.15, 0.2) is 5.82 Å². The first-order valence-electron chi connectivity index (χ1n) is 8.80. The van der Waals surface area contributed by atoms with Crippen molar-refractivity contribution in [3.63, 3.8) is 0 Å². The van der Waals surface area contributed by atoms with Crippen molar-refractivity contribution in [2.75, 3.05) is 25.0 Å². The summed E-state index contributed by atoms with van der Waals surface area (Å²) in [6.45, 7) is 3.40. The third-order valence-corrected chi connectivity index (χ3v) is 4.96. The zero-order valence-corrected chi connectivity index (χ0v) is 16.2. The van der Waals surface area contributed by atoms with Crippen LogP contribution in [0.1, 0.15) is 18.5 Å². The number of pyridine rings is 1. The van der Waals surface area contributed by atoms with Gasteiger partial charge in [0.2, 0.25) is 0 Å². The molecule has 1 aliphatic heterocycles. The summed E-state index contributed by atoms with van der Waals surface area (Å²) in [5, 5.41) is 10.6. The fraction of sp³-hybridized carbons (Fsp3) is 0.444. The van der Waals surface area contributed by atoms with Crippen LogP contribution in [0.2, 0.25) is 0 Å². The summed E-state index contributed by atoms with van der Waals surface area (Å²) in [7, 11) is 1.89. The fourth-order valence-corrected chi connectivity index (χ4v) is 3.31. The van der Waals surface area contributed by atoms with Crippen LogP contribution in [-0.4, -0.2) is 50.0 Å². The Hall–Kier alpha value is -2.32. The van der Waals surface area contributed by atoms with Crippen LogP contribution < -0.4 is 10.6 Å². The molecule has 0 amide bonds. The van der Waals surface area contributed by atoms with Gasteiger partial charge in [-0.25, -0.2) is 14.4 Å². The van der Waals surface area contributed by atoms with Gasteiger partial charge in [0.05, 0.1) is 24.0 Å². The van der Waals surface area contributed by atoms with E-state index >= 15 is 0 Å². The Morgan fingerprint density at radius 1 is 1.33 bits per heavy atom. The summed E-state index contributed by atoms with van der Waals surface area (Å²) in [5.74, 6) is 0.552. The van der Waals surface area contributed by atoms with E-state index in [1.165, 1.54) is 0 Å². The smallest absolute Gasteiger partial charge is 0.155 e. The summed E-state index contributed by atoms with van der Waals surface area (Å²) < 4.78 is 16.7. The average Bonchev–Trinajstić information content (AvgIpc) is 2.99. The highest BCUT2D eigenvalue weighted by Gasteiger charge is 2.31. The lowest BCUT2D eigenvalue weighted by molar-refractivity contribution is 0.137. The maximum atomic E-state index is 14.9. The van der Waals surface area contributed by atoms with Crippen molar-refractivity contribution in [2.45, 2.75) is 25.4 Å². The number of piperidine rings is 1. The van der Waals surface area contributed by atoms with Crippen LogP contribution in [0.15, 0.2) is 24.7 Å². The number of anilines is 1. The molecule has 7 nitrogen and oxygen atoms in total. The topological polar surface area (TPSA) is 80.6 Å². The molecule has 3 aromatic heterocycles. The number of hydrogen-bond donors (Lipinski definition) is 2. The molecule has 0 spiro atoms. The molecule has 1 saturated heterocycles. The first-order valence-corrected chi connectivity index (χ1v) is 8.80. The SMILES string of the molecule is Cc1c(-c2cc3nccnc3c(NCC3(F)CCCNC3)n2)cnn1C.Cl. The molecule has 144 valence electrons. The van der Waals surface area contributed by atoms with Gasteiger partial charge in [-0.15, -0.1) is 12.4 Å². The van der Waals surface area contributed by atoms with E-state index in [1.807, 2.05) is 20.0 Å². The van der Waals surface area contributed by atoms with E-state index in [1.54, 1.807) is 23.3 Å². The molecule has 1 fully saturated rings. The van der Waals surface area contributed by atoms with E-state index in [4.69, 9.17) is 4.98 Å². The van der Waals surface area contributed by atoms with Crippen LogP contribution in [0, 0.1) is 6.92 Å². The number of alkyl halides is 1. The highest BCUT2D eigenvalue weighted by atomic mass is 35.5. The molecule has 0 radical (unpaired) electrons. The summed E-state index contributed by atoms with van der Waals surface area (Å²) in [6, 6.07) is 1.89. The van der Waals surface area contributed by atoms with Gasteiger partial charge in [0.1, 0.15) is 11.2 Å². The first kappa shape index (κ1) is 19.4. The van der Waals surface area contributed by atoms with Crippen molar-refractivity contribution in [3.8, 4) is 11.3 Å². The molecule has 2 N–H and O–H groups in total. The van der Waals surface area contributed by atoms with E-state index in [-0.39, 0.29) is 19.0 Å². The number of fused-ring (bicyclic) bond motifs is 1. The largest absolute Gasteiger partial charge is 0.365 e. The summed E-state index contributed by atoms with van der Waals surface area (Å²) >= 11 is 0. The minimum absolute atomic E-state index is 0. The first-order chi connectivity index (χ1) is 12.6. The van der Waals surface area contributed by atoms with Gasteiger partial charge in [-0.05, 0) is 32.4 Å². The zero-order chi connectivity index (χ0) is 18.1. The minimum atomic E-state index is -1.28. The van der Waals surface area contributed by atoms with Crippen molar-refractivity contribution in [1.82, 2.24) is 30.0 Å². The summed E-state index contributed by atoms with van der Waals surface area (Å²) in [6.07, 6.45) is 6.43. The Balaban J connectivity index is 0.00000210. The Bertz CT molecular complexity index is 937. The van der Waals surface area contributed by atoms with Gasteiger partial charge >= 0.3 is 0 Å². The molecule has 4 heterocycles. The number of hydrogen-bond acceptors (Lipinski definition) is 6. The number of aryl methyl sites for hydroxylation is 1. The van der Waals surface area contributed by atoms with Crippen LogP contribution >= 0.6 is 12.4 Å². The number of rotatable bonds is 4. The second-order valence-electron chi connectivity index (χ2n) is 6.83. The second kappa shape index (κ2) is 7.74. The number of nitrogens with one attached hydrogen (secondary N) is 2. The van der Waals surface area contributed by atoms with Crippen LogP contribution in [0.25, 0.3) is 22.3 Å². The van der Waals surface area contributed by atoms with E-state index in [0.29, 0.717) is 24.3 Å². The van der Waals surface area contributed by atoms with Crippen LogP contribution in [-0.2, 0) is 7.05 Å². The monoisotopic (exact) mass is 391 g/mol. The lowest BCUT2D eigenvalue weighted by atomic mass is 9.96. The number of aromatic nitrogens is 5. The van der Waals surface area contributed by atoms with Gasteiger partial charge in [-0.1, -0.05) is 0 Å². The molecule has 4 rings (SSSR count). The Morgan fingerprint density at radius 3 is 2.85 bits per heavy atom. The van der Waals surface area contributed by atoms with Crippen LogP contribution in [0.4, 0.5) is 10.2 Å². The third kappa shape index (κ3) is 3.86. The second-order valence-corrected chi connectivity index (χ2v) is 6.83. The van der Waals surface area contributed by atoms with Crippen molar-refractivity contribution in [3.05, 3.63) is 30.4 Å². The molecule has 3 aromatic rings. The number of nitrogens with zero attached hydrogens (tertiary/aromatic N) is 5. The highest BCUT2D eigenvalue weighted by Crippen LogP contribution is 2.28. The van der Waals surface area contributed by atoms with E-state index in [0.717, 1.165) is 35.4 Å². The van der Waals surface area contributed by atoms with Gasteiger partial charge in [0, 0.05) is 37.2 Å². The maximum Gasteiger partial charge on any atom is 0.155 e. The predicted molar refractivity (Wildman–Crippen MR) is 106 cm³/mol. The maximum absolute atomic E-state index is 14.9. The van der Waals surface area contributed by atoms with Crippen molar-refractivity contribution < 1.29 is 4.39 Å². The quantitative estimate of drug-likeness (QED) is 0.711. The van der Waals surface area contributed by atoms with Gasteiger partial charge in [0.25, 0.3) is 0 Å². The average molecular weight is 392 g/mol. The lowest BCUT2D eigenvalue weighted by Gasteiger charge is -2.30. The Kier molecular flexibility index (Phi) is 5.57. The Morgan fingerprint density at radius 2 is 2.15 bits per heavy atom. The molecule has 27 heavy (non-hydrogen) atoms. The normalized spacial score (nSPS) is 19.7. The molecule has 0 saturated carbocycles. The molecule has 0 aliphatic carbocycles. The van der Waals surface area contributed by atoms with Crippen LogP contribution in [0.5, 0.6) is 0 Å². The van der Waals surface area contributed by atoms with Gasteiger partial charge < -0.3 is 10.6 Å². The van der Waals surface area contributed by atoms with Crippen LogP contribution in [0.3, 0.4) is 0 Å². The molecule has 1 atom stereocenters. The van der Waals surface area contributed by atoms with E-state index in [2.05, 4.69) is 25.7 Å². The summed E-state index contributed by atoms with van der Waals surface area (Å²) in [4.78, 5) is 13.5. The fourth-order valence-electron chi connectivity index (χ4n) is 3.31. The standard InChI is InChI=1S/C18H22FN7.ClH/c1-12-13(9-24-26(12)2)14-8-15-16(22-7-6-21-15)17(25-14)23-11-18(19)4-3-5-20-10-18;/h6-9,20H,3-5,10-11H2,1-2H3,(H,23,25);1H.